The number of nitrogens with zero attached hydrogens (tertiary/aromatic N) is 1. The lowest BCUT2D eigenvalue weighted by molar-refractivity contribution is 0.0479. The van der Waals surface area contributed by atoms with Crippen LogP contribution < -0.4 is 0 Å². The monoisotopic (exact) mass is 263 g/mol. The molecule has 2 nitrogen and oxygen atoms in total. The zero-order valence-electron chi connectivity index (χ0n) is 10.4. The predicted octanol–water partition coefficient (Wildman–Crippen LogP) is 4.41. The predicted molar refractivity (Wildman–Crippen MR) is 74.1 cm³/mol. The number of hydrogen-bond acceptors (Lipinski definition) is 2. The summed E-state index contributed by atoms with van der Waals surface area (Å²) in [6.07, 6.45) is 7.88. The first-order valence-corrected chi connectivity index (χ1v) is 7.22. The number of halogens is 1. The normalized spacial score (nSPS) is 27.7. The maximum atomic E-state index is 5.93. The van der Waals surface area contributed by atoms with E-state index >= 15 is 0 Å². The average Bonchev–Trinajstić information content (AvgIpc) is 2.72. The number of benzene rings is 1. The molecule has 1 saturated carbocycles. The van der Waals surface area contributed by atoms with Gasteiger partial charge in [0.1, 0.15) is 6.10 Å². The van der Waals surface area contributed by atoms with Crippen LogP contribution in [0.4, 0.5) is 0 Å². The molecule has 2 atom stereocenters. The lowest BCUT2D eigenvalue weighted by atomic mass is 9.84. The summed E-state index contributed by atoms with van der Waals surface area (Å²) in [6, 6.07) is 7.95. The molecule has 1 aliphatic carbocycles. The molecule has 1 aromatic carbocycles. The van der Waals surface area contributed by atoms with Crippen molar-refractivity contribution in [2.75, 3.05) is 0 Å². The second-order valence-electron chi connectivity index (χ2n) is 5.23. The highest BCUT2D eigenvalue weighted by Crippen LogP contribution is 2.33. The molecule has 0 bridgehead atoms. The van der Waals surface area contributed by atoms with Gasteiger partial charge in [0.2, 0.25) is 0 Å². The van der Waals surface area contributed by atoms with Crippen molar-refractivity contribution in [1.82, 2.24) is 0 Å². The van der Waals surface area contributed by atoms with Crippen LogP contribution in [0.25, 0.3) is 0 Å². The van der Waals surface area contributed by atoms with Crippen LogP contribution in [-0.4, -0.2) is 11.8 Å². The second-order valence-corrected chi connectivity index (χ2v) is 5.66. The molecule has 0 spiro atoms. The molecule has 18 heavy (non-hydrogen) atoms. The first kappa shape index (κ1) is 12.0. The zero-order valence-corrected chi connectivity index (χ0v) is 11.2. The van der Waals surface area contributed by atoms with Gasteiger partial charge in [-0.1, -0.05) is 48.2 Å². The first-order chi connectivity index (χ1) is 8.84. The van der Waals surface area contributed by atoms with Crippen molar-refractivity contribution in [2.45, 2.75) is 44.6 Å². The highest BCUT2D eigenvalue weighted by Gasteiger charge is 2.34. The van der Waals surface area contributed by atoms with E-state index in [2.05, 4.69) is 5.16 Å². The molecule has 3 rings (SSSR count). The van der Waals surface area contributed by atoms with E-state index in [0.717, 1.165) is 22.7 Å². The SMILES string of the molecule is Clc1ccc(C2=NOC3CCCCCCC23)cc1. The van der Waals surface area contributed by atoms with Gasteiger partial charge in [-0.05, 0) is 37.0 Å². The Kier molecular flexibility index (Phi) is 3.55. The van der Waals surface area contributed by atoms with E-state index in [9.17, 15) is 0 Å². The maximum Gasteiger partial charge on any atom is 0.136 e. The molecule has 96 valence electrons. The lowest BCUT2D eigenvalue weighted by Crippen LogP contribution is -2.25. The van der Waals surface area contributed by atoms with Crippen molar-refractivity contribution >= 4 is 17.3 Å². The van der Waals surface area contributed by atoms with Gasteiger partial charge in [-0.15, -0.1) is 0 Å². The van der Waals surface area contributed by atoms with Gasteiger partial charge in [0.25, 0.3) is 0 Å². The topological polar surface area (TPSA) is 21.6 Å². The van der Waals surface area contributed by atoms with Gasteiger partial charge in [0.15, 0.2) is 0 Å². The summed E-state index contributed by atoms with van der Waals surface area (Å²) in [5.74, 6) is 0.478. The van der Waals surface area contributed by atoms with Gasteiger partial charge in [-0.2, -0.15) is 0 Å². The van der Waals surface area contributed by atoms with Gasteiger partial charge < -0.3 is 4.84 Å². The summed E-state index contributed by atoms with van der Waals surface area (Å²) in [5, 5.41) is 5.11. The number of oxime groups is 1. The lowest BCUT2D eigenvalue weighted by Gasteiger charge is -2.21. The Morgan fingerprint density at radius 3 is 2.50 bits per heavy atom. The molecular weight excluding hydrogens is 246 g/mol. The Hall–Kier alpha value is -1.02. The summed E-state index contributed by atoms with van der Waals surface area (Å²) in [5.41, 5.74) is 2.28. The van der Waals surface area contributed by atoms with E-state index in [1.54, 1.807) is 0 Å². The minimum absolute atomic E-state index is 0.302. The zero-order chi connectivity index (χ0) is 12.4. The van der Waals surface area contributed by atoms with Crippen molar-refractivity contribution in [2.24, 2.45) is 11.1 Å². The summed E-state index contributed by atoms with van der Waals surface area (Å²) >= 11 is 5.93. The van der Waals surface area contributed by atoms with Crippen molar-refractivity contribution < 1.29 is 4.84 Å². The van der Waals surface area contributed by atoms with Crippen LogP contribution in [0.5, 0.6) is 0 Å². The van der Waals surface area contributed by atoms with Crippen molar-refractivity contribution in [3.05, 3.63) is 34.9 Å². The van der Waals surface area contributed by atoms with E-state index in [-0.39, 0.29) is 0 Å². The van der Waals surface area contributed by atoms with E-state index < -0.39 is 0 Å². The highest BCUT2D eigenvalue weighted by atomic mass is 35.5. The highest BCUT2D eigenvalue weighted by molar-refractivity contribution is 6.30. The minimum atomic E-state index is 0.302. The Labute approximate surface area is 113 Å². The molecule has 1 fully saturated rings. The van der Waals surface area contributed by atoms with Gasteiger partial charge in [0, 0.05) is 10.9 Å². The van der Waals surface area contributed by atoms with E-state index in [4.69, 9.17) is 16.4 Å². The fourth-order valence-corrected chi connectivity index (χ4v) is 3.09. The van der Waals surface area contributed by atoms with Gasteiger partial charge >= 0.3 is 0 Å². The molecule has 2 aliphatic rings. The third-order valence-corrected chi connectivity index (χ3v) is 4.23. The van der Waals surface area contributed by atoms with Crippen LogP contribution >= 0.6 is 11.6 Å². The summed E-state index contributed by atoms with van der Waals surface area (Å²) in [6.45, 7) is 0. The Morgan fingerprint density at radius 1 is 1.00 bits per heavy atom. The third kappa shape index (κ3) is 2.39. The van der Waals surface area contributed by atoms with Crippen molar-refractivity contribution in [3.63, 3.8) is 0 Å². The van der Waals surface area contributed by atoms with Crippen LogP contribution in [0.1, 0.15) is 44.1 Å². The minimum Gasteiger partial charge on any atom is -0.392 e. The van der Waals surface area contributed by atoms with Crippen LogP contribution in [0.2, 0.25) is 5.02 Å². The quantitative estimate of drug-likeness (QED) is 0.735. The van der Waals surface area contributed by atoms with E-state index in [1.807, 2.05) is 24.3 Å². The van der Waals surface area contributed by atoms with E-state index in [0.29, 0.717) is 12.0 Å². The Bertz CT molecular complexity index is 440. The summed E-state index contributed by atoms with van der Waals surface area (Å²) < 4.78 is 0. The van der Waals surface area contributed by atoms with Crippen molar-refractivity contribution in [3.8, 4) is 0 Å². The van der Waals surface area contributed by atoms with Gasteiger partial charge in [-0.25, -0.2) is 0 Å². The Balaban J connectivity index is 1.81. The second kappa shape index (κ2) is 5.31. The van der Waals surface area contributed by atoms with Gasteiger partial charge in [0.05, 0.1) is 5.71 Å². The average molecular weight is 264 g/mol. The largest absolute Gasteiger partial charge is 0.392 e. The van der Waals surface area contributed by atoms with Crippen LogP contribution in [0.15, 0.2) is 29.4 Å². The van der Waals surface area contributed by atoms with E-state index in [1.165, 1.54) is 32.1 Å². The maximum absolute atomic E-state index is 5.93. The summed E-state index contributed by atoms with van der Waals surface area (Å²) in [4.78, 5) is 5.64. The molecule has 3 heteroatoms. The molecule has 1 aliphatic heterocycles. The molecule has 0 amide bonds. The fourth-order valence-electron chi connectivity index (χ4n) is 2.97. The van der Waals surface area contributed by atoms with Gasteiger partial charge in [-0.3, -0.25) is 0 Å². The summed E-state index contributed by atoms with van der Waals surface area (Å²) in [7, 11) is 0. The molecule has 0 aromatic heterocycles. The molecule has 1 heterocycles. The molecule has 0 saturated heterocycles. The standard InChI is InChI=1S/C15H18ClNO/c16-12-9-7-11(8-10-12)15-13-5-3-1-2-4-6-14(13)18-17-15/h7-10,13-14H,1-6H2. The molecular formula is C15H18ClNO. The molecule has 1 aromatic rings. The van der Waals surface area contributed by atoms with Crippen LogP contribution in [0.3, 0.4) is 0 Å². The number of rotatable bonds is 1. The molecule has 2 unspecified atom stereocenters. The Morgan fingerprint density at radius 2 is 1.72 bits per heavy atom. The first-order valence-electron chi connectivity index (χ1n) is 6.84. The van der Waals surface area contributed by atoms with Crippen molar-refractivity contribution in [1.29, 1.82) is 0 Å². The molecule has 0 radical (unpaired) electrons. The smallest absolute Gasteiger partial charge is 0.136 e. The van der Waals surface area contributed by atoms with Crippen LogP contribution in [-0.2, 0) is 4.84 Å². The fraction of sp³-hybridized carbons (Fsp3) is 0.533. The third-order valence-electron chi connectivity index (χ3n) is 3.98. The molecule has 0 N–H and O–H groups in total. The number of hydrogen-bond donors (Lipinski definition) is 0. The van der Waals surface area contributed by atoms with Crippen LogP contribution in [0, 0.1) is 5.92 Å². The number of fused-ring (bicyclic) bond motifs is 1.